The lowest BCUT2D eigenvalue weighted by molar-refractivity contribution is 0.151. The van der Waals surface area contributed by atoms with Crippen molar-refractivity contribution < 1.29 is 5.11 Å². The van der Waals surface area contributed by atoms with E-state index in [1.807, 2.05) is 0 Å². The van der Waals surface area contributed by atoms with E-state index in [1.54, 1.807) is 0 Å². The van der Waals surface area contributed by atoms with Crippen molar-refractivity contribution in [3.8, 4) is 0 Å². The van der Waals surface area contributed by atoms with E-state index in [1.165, 1.54) is 5.69 Å². The van der Waals surface area contributed by atoms with Crippen LogP contribution in [-0.4, -0.2) is 43.2 Å². The van der Waals surface area contributed by atoms with Gasteiger partial charge >= 0.3 is 0 Å². The van der Waals surface area contributed by atoms with Gasteiger partial charge in [0.1, 0.15) is 0 Å². The Hall–Kier alpha value is -0.580. The molecule has 1 aromatic rings. The van der Waals surface area contributed by atoms with Crippen molar-refractivity contribution >= 4 is 21.6 Å². The van der Waals surface area contributed by atoms with Gasteiger partial charge in [0.2, 0.25) is 0 Å². The molecule has 18 heavy (non-hydrogen) atoms. The first-order chi connectivity index (χ1) is 8.58. The van der Waals surface area contributed by atoms with Gasteiger partial charge in [-0.2, -0.15) is 0 Å². The number of anilines is 1. The molecule has 0 amide bonds. The van der Waals surface area contributed by atoms with E-state index in [4.69, 9.17) is 0 Å². The first-order valence-corrected chi connectivity index (χ1v) is 7.34. The Bertz CT molecular complexity index is 451. The molecule has 3 nitrogen and oxygen atoms in total. The fourth-order valence-electron chi connectivity index (χ4n) is 2.51. The molecule has 1 aromatic carbocycles. The minimum atomic E-state index is -0.539. The van der Waals surface area contributed by atoms with Crippen molar-refractivity contribution in [1.82, 2.24) is 4.90 Å². The zero-order valence-corrected chi connectivity index (χ0v) is 12.3. The number of likely N-dealkylation sites (N-methyl/N-ethyl adjacent to an activating group) is 1. The zero-order valence-electron chi connectivity index (χ0n) is 10.7. The van der Waals surface area contributed by atoms with Crippen molar-refractivity contribution in [2.24, 2.45) is 0 Å². The third-order valence-corrected chi connectivity index (χ3v) is 4.69. The maximum absolute atomic E-state index is 10.1. The van der Waals surface area contributed by atoms with Gasteiger partial charge in [0.05, 0.1) is 11.3 Å². The molecule has 1 N–H and O–H groups in total. The van der Waals surface area contributed by atoms with Gasteiger partial charge in [-0.05, 0) is 53.5 Å². The Labute approximate surface area is 117 Å². The lowest BCUT2D eigenvalue weighted by atomic mass is 10.1. The van der Waals surface area contributed by atoms with Gasteiger partial charge in [0, 0.05) is 30.7 Å². The molecule has 4 heteroatoms. The predicted molar refractivity (Wildman–Crippen MR) is 77.0 cm³/mol. The molecule has 0 bridgehead atoms. The quantitative estimate of drug-likeness (QED) is 0.907. The molecule has 2 fully saturated rings. The van der Waals surface area contributed by atoms with Crippen molar-refractivity contribution in [2.45, 2.75) is 18.4 Å². The lowest BCUT2D eigenvalue weighted by Crippen LogP contribution is -2.44. The normalized spacial score (nSPS) is 23.2. The molecule has 0 aromatic heterocycles. The van der Waals surface area contributed by atoms with Crippen molar-refractivity contribution in [3.05, 3.63) is 28.2 Å². The molecule has 1 saturated heterocycles. The maximum atomic E-state index is 10.1. The summed E-state index contributed by atoms with van der Waals surface area (Å²) in [6, 6.07) is 6.30. The SMILES string of the molecule is CN1CCN(c2ccc(C3(O)CC3)cc2Br)CC1. The van der Waals surface area contributed by atoms with E-state index in [-0.39, 0.29) is 0 Å². The standard InChI is InChI=1S/C14H19BrN2O/c1-16-6-8-17(9-7-16)13-3-2-11(10-12(13)15)14(18)4-5-14/h2-3,10,18H,4-9H2,1H3. The number of hydrogen-bond donors (Lipinski definition) is 1. The monoisotopic (exact) mass is 310 g/mol. The number of halogens is 1. The molecule has 3 rings (SSSR count). The fourth-order valence-corrected chi connectivity index (χ4v) is 3.14. The van der Waals surface area contributed by atoms with Crippen LogP contribution in [0.1, 0.15) is 18.4 Å². The molecule has 1 aliphatic heterocycles. The largest absolute Gasteiger partial charge is 0.385 e. The van der Waals surface area contributed by atoms with Crippen LogP contribution in [0.15, 0.2) is 22.7 Å². The second-order valence-electron chi connectivity index (χ2n) is 5.49. The highest BCUT2D eigenvalue weighted by Gasteiger charge is 2.42. The molecule has 0 unspecified atom stereocenters. The Balaban J connectivity index is 1.80. The molecule has 1 aliphatic carbocycles. The lowest BCUT2D eigenvalue weighted by Gasteiger charge is -2.34. The Kier molecular flexibility index (Phi) is 3.12. The fraction of sp³-hybridized carbons (Fsp3) is 0.571. The van der Waals surface area contributed by atoms with E-state index in [2.05, 4.69) is 51.0 Å². The van der Waals surface area contributed by atoms with Crippen LogP contribution >= 0.6 is 15.9 Å². The van der Waals surface area contributed by atoms with Crippen LogP contribution in [0.25, 0.3) is 0 Å². The highest BCUT2D eigenvalue weighted by molar-refractivity contribution is 9.10. The predicted octanol–water partition coefficient (Wildman–Crippen LogP) is 2.18. The average Bonchev–Trinajstić information content (AvgIpc) is 3.10. The van der Waals surface area contributed by atoms with Gasteiger partial charge in [0.15, 0.2) is 0 Å². The van der Waals surface area contributed by atoms with Crippen LogP contribution in [0.4, 0.5) is 5.69 Å². The number of benzene rings is 1. The Morgan fingerprint density at radius 1 is 1.17 bits per heavy atom. The first kappa shape index (κ1) is 12.5. The van der Waals surface area contributed by atoms with Crippen LogP contribution in [0.3, 0.4) is 0 Å². The maximum Gasteiger partial charge on any atom is 0.0899 e. The van der Waals surface area contributed by atoms with Crippen molar-refractivity contribution in [3.63, 3.8) is 0 Å². The summed E-state index contributed by atoms with van der Waals surface area (Å²) < 4.78 is 1.10. The average molecular weight is 311 g/mol. The number of rotatable bonds is 2. The van der Waals surface area contributed by atoms with Gasteiger partial charge in [0.25, 0.3) is 0 Å². The van der Waals surface area contributed by atoms with Crippen molar-refractivity contribution in [1.29, 1.82) is 0 Å². The van der Waals surface area contributed by atoms with E-state index < -0.39 is 5.60 Å². The minimum absolute atomic E-state index is 0.539. The highest BCUT2D eigenvalue weighted by Crippen LogP contribution is 2.46. The molecule has 0 radical (unpaired) electrons. The Morgan fingerprint density at radius 3 is 2.39 bits per heavy atom. The third kappa shape index (κ3) is 2.29. The summed E-state index contributed by atoms with van der Waals surface area (Å²) in [4.78, 5) is 4.76. The molecule has 0 spiro atoms. The zero-order chi connectivity index (χ0) is 12.8. The minimum Gasteiger partial charge on any atom is -0.385 e. The van der Waals surface area contributed by atoms with Crippen LogP contribution in [0.5, 0.6) is 0 Å². The molecule has 0 atom stereocenters. The van der Waals surface area contributed by atoms with Gasteiger partial charge in [-0.1, -0.05) is 6.07 Å². The first-order valence-electron chi connectivity index (χ1n) is 6.54. The molecule has 98 valence electrons. The van der Waals surface area contributed by atoms with Gasteiger partial charge in [-0.3, -0.25) is 0 Å². The second kappa shape index (κ2) is 4.51. The molecular formula is C14H19BrN2O. The summed E-state index contributed by atoms with van der Waals surface area (Å²) in [5, 5.41) is 10.1. The highest BCUT2D eigenvalue weighted by atomic mass is 79.9. The van der Waals surface area contributed by atoms with E-state index in [0.717, 1.165) is 49.1 Å². The molecule has 2 aliphatic rings. The Morgan fingerprint density at radius 2 is 1.83 bits per heavy atom. The summed E-state index contributed by atoms with van der Waals surface area (Å²) >= 11 is 3.65. The van der Waals surface area contributed by atoms with Crippen LogP contribution in [0, 0.1) is 0 Å². The molecule has 1 heterocycles. The summed E-state index contributed by atoms with van der Waals surface area (Å²) in [6.45, 7) is 4.35. The van der Waals surface area contributed by atoms with E-state index in [0.29, 0.717) is 0 Å². The summed E-state index contributed by atoms with van der Waals surface area (Å²) in [5.41, 5.74) is 1.76. The number of hydrogen-bond acceptors (Lipinski definition) is 3. The third-order valence-electron chi connectivity index (χ3n) is 4.05. The number of nitrogens with zero attached hydrogens (tertiary/aromatic N) is 2. The van der Waals surface area contributed by atoms with Gasteiger partial charge in [-0.25, -0.2) is 0 Å². The number of piperazine rings is 1. The summed E-state index contributed by atoms with van der Waals surface area (Å²) in [5.74, 6) is 0. The van der Waals surface area contributed by atoms with Crippen LogP contribution in [0.2, 0.25) is 0 Å². The topological polar surface area (TPSA) is 26.7 Å². The molecular weight excluding hydrogens is 292 g/mol. The van der Waals surface area contributed by atoms with E-state index >= 15 is 0 Å². The van der Waals surface area contributed by atoms with Gasteiger partial charge in [-0.15, -0.1) is 0 Å². The summed E-state index contributed by atoms with van der Waals surface area (Å²) in [6.07, 6.45) is 1.79. The summed E-state index contributed by atoms with van der Waals surface area (Å²) in [7, 11) is 2.16. The molecule has 1 saturated carbocycles. The van der Waals surface area contributed by atoms with Crippen molar-refractivity contribution in [2.75, 3.05) is 38.1 Å². The van der Waals surface area contributed by atoms with Crippen LogP contribution in [-0.2, 0) is 5.60 Å². The van der Waals surface area contributed by atoms with Gasteiger partial charge < -0.3 is 14.9 Å². The number of aliphatic hydroxyl groups is 1. The smallest absolute Gasteiger partial charge is 0.0899 e. The second-order valence-corrected chi connectivity index (χ2v) is 6.34. The van der Waals surface area contributed by atoms with Crippen LogP contribution < -0.4 is 4.90 Å². The van der Waals surface area contributed by atoms with E-state index in [9.17, 15) is 5.11 Å².